The van der Waals surface area contributed by atoms with E-state index in [1.54, 1.807) is 6.92 Å². The summed E-state index contributed by atoms with van der Waals surface area (Å²) in [6.07, 6.45) is 1.37. The van der Waals surface area contributed by atoms with Crippen LogP contribution in [0.15, 0.2) is 10.7 Å². The van der Waals surface area contributed by atoms with E-state index in [1.165, 1.54) is 6.20 Å². The van der Waals surface area contributed by atoms with Crippen LogP contribution in [0.4, 0.5) is 5.69 Å². The molecule has 0 unspecified atom stereocenters. The second kappa shape index (κ2) is 7.11. The van der Waals surface area contributed by atoms with Gasteiger partial charge in [-0.25, -0.2) is 4.84 Å². The summed E-state index contributed by atoms with van der Waals surface area (Å²) in [6.45, 7) is 1.54. The normalized spacial score (nSPS) is 10.2. The summed E-state index contributed by atoms with van der Waals surface area (Å²) >= 11 is 3.18. The Morgan fingerprint density at radius 2 is 1.76 bits per heavy atom. The van der Waals surface area contributed by atoms with Gasteiger partial charge in [0.25, 0.3) is 4.92 Å². The molecule has 1 aromatic heterocycles. The molecule has 1 heterocycles. The zero-order chi connectivity index (χ0) is 16.2. The van der Waals surface area contributed by atoms with Crippen LogP contribution in [0.5, 0.6) is 0 Å². The zero-order valence-corrected chi connectivity index (χ0v) is 13.5. The maximum Gasteiger partial charge on any atom is 0.343 e. The van der Waals surface area contributed by atoms with E-state index in [-0.39, 0.29) is 26.3 Å². The van der Waals surface area contributed by atoms with Gasteiger partial charge in [0, 0.05) is 10.7 Å². The maximum atomic E-state index is 11.9. The Labute approximate surface area is 129 Å². The van der Waals surface area contributed by atoms with Gasteiger partial charge in [0.1, 0.15) is 5.69 Å². The van der Waals surface area contributed by atoms with Crippen molar-refractivity contribution in [3.63, 3.8) is 0 Å². The molecule has 0 aromatic carbocycles. The third kappa shape index (κ3) is 3.35. The molecule has 0 saturated carbocycles. The smallest absolute Gasteiger partial charge is 0.343 e. The van der Waals surface area contributed by atoms with Crippen LogP contribution in [-0.2, 0) is 23.9 Å². The van der Waals surface area contributed by atoms with Crippen LogP contribution in [0.2, 0.25) is 0 Å². The van der Waals surface area contributed by atoms with Crippen LogP contribution in [0.1, 0.15) is 17.2 Å². The monoisotopic (exact) mass is 361 g/mol. The van der Waals surface area contributed by atoms with Crippen LogP contribution in [0.25, 0.3) is 0 Å². The Hall–Kier alpha value is -2.03. The van der Waals surface area contributed by atoms with E-state index in [2.05, 4.69) is 35.2 Å². The van der Waals surface area contributed by atoms with Crippen LogP contribution in [0.3, 0.4) is 0 Å². The summed E-state index contributed by atoms with van der Waals surface area (Å²) in [5.41, 5.74) is 0.286. The summed E-state index contributed by atoms with van der Waals surface area (Å²) in [6, 6.07) is 0. The third-order valence-electron chi connectivity index (χ3n) is 2.74. The molecule has 8 nitrogen and oxygen atoms in total. The molecule has 0 fully saturated rings. The highest BCUT2D eigenvalue weighted by atomic mass is 79.9. The molecule has 0 radical (unpaired) electrons. The topological polar surface area (TPSA) is 94.8 Å². The fourth-order valence-corrected chi connectivity index (χ4v) is 2.28. The predicted molar refractivity (Wildman–Crippen MR) is 73.7 cm³/mol. The van der Waals surface area contributed by atoms with Gasteiger partial charge >= 0.3 is 17.6 Å². The number of aryl methyl sites for hydroxylation is 1. The van der Waals surface area contributed by atoms with Crippen molar-refractivity contribution in [2.45, 2.75) is 12.8 Å². The lowest BCUT2D eigenvalue weighted by Gasteiger charge is -2.14. The molecule has 0 amide bonds. The molecule has 9 heteroatoms. The minimum Gasteiger partial charge on any atom is -0.468 e. The number of carbonyl (C=O) groups excluding carboxylic acids is 2. The number of esters is 2. The Morgan fingerprint density at radius 1 is 1.24 bits per heavy atom. The van der Waals surface area contributed by atoms with Gasteiger partial charge in [0.05, 0.1) is 24.7 Å². The molecule has 21 heavy (non-hydrogen) atoms. The lowest BCUT2D eigenvalue weighted by atomic mass is 9.97. The molecule has 0 saturated heterocycles. The number of hydrogen-bond donors (Lipinski definition) is 0. The molecule has 0 bridgehead atoms. The predicted octanol–water partition coefficient (Wildman–Crippen LogP) is 1.55. The van der Waals surface area contributed by atoms with Gasteiger partial charge < -0.3 is 9.47 Å². The van der Waals surface area contributed by atoms with E-state index in [1.807, 2.05) is 0 Å². The van der Waals surface area contributed by atoms with E-state index >= 15 is 0 Å². The van der Waals surface area contributed by atoms with Crippen molar-refractivity contribution in [3.8, 4) is 0 Å². The Bertz CT molecular complexity index is 573. The van der Waals surface area contributed by atoms with Crippen LogP contribution >= 0.6 is 15.9 Å². The molecule has 0 aliphatic carbocycles. The first-order chi connectivity index (χ1) is 9.88. The standard InChI is InChI=1S/C12H14BrN2O6/c1-6-10(15(18)21-4)8(7(13)5-14-6)9(11(16)19-2)12(17)20-3/h5,9H,1-4H3/q+1. The molecule has 114 valence electrons. The SMILES string of the molecule is COC(=O)C(C(=O)OC)c1c(Br)cnc(C)c1[N+](=O)OC. The van der Waals surface area contributed by atoms with E-state index in [9.17, 15) is 14.5 Å². The lowest BCUT2D eigenvalue weighted by molar-refractivity contribution is -0.737. The first kappa shape index (κ1) is 17.0. The fraction of sp³-hybridized carbons (Fsp3) is 0.417. The fourth-order valence-electron chi connectivity index (χ4n) is 1.76. The number of methoxy groups -OCH3 is 2. The molecule has 0 spiro atoms. The van der Waals surface area contributed by atoms with Gasteiger partial charge in [-0.05, 0) is 22.9 Å². The van der Waals surface area contributed by atoms with Crippen molar-refractivity contribution in [1.82, 2.24) is 4.98 Å². The molecular formula is C12H14BrN2O6+. The zero-order valence-electron chi connectivity index (χ0n) is 11.9. The van der Waals surface area contributed by atoms with Crippen LogP contribution < -0.4 is 0 Å². The Morgan fingerprint density at radius 3 is 2.19 bits per heavy atom. The number of nitrogens with zero attached hydrogens (tertiary/aromatic N) is 2. The van der Waals surface area contributed by atoms with Crippen LogP contribution in [0, 0.1) is 11.8 Å². The Balaban J connectivity index is 3.64. The highest BCUT2D eigenvalue weighted by Crippen LogP contribution is 2.36. The second-order valence-electron chi connectivity index (χ2n) is 3.87. The largest absolute Gasteiger partial charge is 0.468 e. The average Bonchev–Trinajstić information content (AvgIpc) is 2.49. The molecule has 1 rings (SSSR count). The molecule has 0 atom stereocenters. The lowest BCUT2D eigenvalue weighted by Crippen LogP contribution is -2.26. The molecule has 1 aromatic rings. The summed E-state index contributed by atoms with van der Waals surface area (Å²) in [5, 5.41) is 0. The van der Waals surface area contributed by atoms with E-state index in [0.29, 0.717) is 0 Å². The second-order valence-corrected chi connectivity index (χ2v) is 4.73. The highest BCUT2D eigenvalue weighted by molar-refractivity contribution is 9.10. The number of ether oxygens (including phenoxy) is 2. The van der Waals surface area contributed by atoms with Crippen molar-refractivity contribution < 1.29 is 28.8 Å². The van der Waals surface area contributed by atoms with E-state index < -0.39 is 17.9 Å². The molecule has 0 N–H and O–H groups in total. The van der Waals surface area contributed by atoms with Gasteiger partial charge in [-0.2, -0.15) is 0 Å². The maximum absolute atomic E-state index is 11.9. The molecule has 0 aliphatic rings. The van der Waals surface area contributed by atoms with Gasteiger partial charge in [-0.3, -0.25) is 14.6 Å². The number of pyridine rings is 1. The van der Waals surface area contributed by atoms with Crippen LogP contribution in [-0.4, -0.2) is 43.2 Å². The number of halogens is 1. The number of aromatic nitrogens is 1. The van der Waals surface area contributed by atoms with Crippen molar-refractivity contribution in [3.05, 3.63) is 26.8 Å². The molecular weight excluding hydrogens is 348 g/mol. The van der Waals surface area contributed by atoms with Gasteiger partial charge in [0.15, 0.2) is 13.0 Å². The first-order valence-electron chi connectivity index (χ1n) is 5.71. The summed E-state index contributed by atoms with van der Waals surface area (Å²) in [4.78, 5) is 44.4. The van der Waals surface area contributed by atoms with Gasteiger partial charge in [-0.1, -0.05) is 0 Å². The summed E-state index contributed by atoms with van der Waals surface area (Å²) < 4.78 is 9.50. The van der Waals surface area contributed by atoms with Gasteiger partial charge in [0.2, 0.25) is 0 Å². The number of rotatable bonds is 5. The average molecular weight is 362 g/mol. The third-order valence-corrected chi connectivity index (χ3v) is 3.37. The van der Waals surface area contributed by atoms with Gasteiger partial charge in [-0.15, -0.1) is 0 Å². The Kier molecular flexibility index (Phi) is 5.77. The minimum atomic E-state index is -1.43. The van der Waals surface area contributed by atoms with Crippen molar-refractivity contribution in [2.75, 3.05) is 21.3 Å². The van der Waals surface area contributed by atoms with Crippen molar-refractivity contribution >= 4 is 33.6 Å². The quantitative estimate of drug-likeness (QED) is 0.446. The first-order valence-corrected chi connectivity index (χ1v) is 6.50. The summed E-state index contributed by atoms with van der Waals surface area (Å²) in [7, 11) is 3.42. The molecule has 0 aliphatic heterocycles. The van der Waals surface area contributed by atoms with Crippen molar-refractivity contribution in [1.29, 1.82) is 0 Å². The number of carbonyl (C=O) groups is 2. The van der Waals surface area contributed by atoms with Crippen molar-refractivity contribution in [2.24, 2.45) is 0 Å². The van der Waals surface area contributed by atoms with E-state index in [4.69, 9.17) is 0 Å². The van der Waals surface area contributed by atoms with E-state index in [0.717, 1.165) is 21.3 Å². The number of hydrogen-bond acceptors (Lipinski definition) is 7. The minimum absolute atomic E-state index is 0.0623. The highest BCUT2D eigenvalue weighted by Gasteiger charge is 2.41. The summed E-state index contributed by atoms with van der Waals surface area (Å²) in [5.74, 6) is -3.16.